The number of carbonyl (C=O) groups is 1. The number of rotatable bonds is 5. The molecule has 1 saturated heterocycles. The number of hydrazone groups is 1. The van der Waals surface area contributed by atoms with Crippen molar-refractivity contribution >= 4 is 11.8 Å². The van der Waals surface area contributed by atoms with Gasteiger partial charge in [-0.1, -0.05) is 33.8 Å². The predicted octanol–water partition coefficient (Wildman–Crippen LogP) is 4.36. The first-order valence-corrected chi connectivity index (χ1v) is 8.57. The topological polar surface area (TPSA) is 41.9 Å². The molecule has 4 atom stereocenters. The minimum Gasteiger partial charge on any atom is -0.442 e. The van der Waals surface area contributed by atoms with E-state index in [0.29, 0.717) is 11.8 Å². The molecule has 0 radical (unpaired) electrons. The fourth-order valence-electron chi connectivity index (χ4n) is 5.03. The Morgan fingerprint density at radius 2 is 2.32 bits per heavy atom. The molecular formula is C18H28N2O2. The predicted molar refractivity (Wildman–Crippen MR) is 87.7 cm³/mol. The number of hydrogen-bond donors (Lipinski definition) is 0. The summed E-state index contributed by atoms with van der Waals surface area (Å²) in [6.45, 7) is 12.6. The second-order valence-electron chi connectivity index (χ2n) is 7.67. The van der Waals surface area contributed by atoms with Gasteiger partial charge in [-0.25, -0.2) is 4.79 Å². The molecule has 1 heterocycles. The molecule has 4 heteroatoms. The van der Waals surface area contributed by atoms with Crippen LogP contribution in [0.5, 0.6) is 0 Å². The number of nitrogens with zero attached hydrogens (tertiary/aromatic N) is 2. The summed E-state index contributed by atoms with van der Waals surface area (Å²) in [7, 11) is 0. The van der Waals surface area contributed by atoms with Crippen molar-refractivity contribution in [3.8, 4) is 0 Å². The van der Waals surface area contributed by atoms with Crippen molar-refractivity contribution in [2.75, 3.05) is 0 Å². The molecule has 1 aliphatic heterocycles. The summed E-state index contributed by atoms with van der Waals surface area (Å²) >= 11 is 0. The molecule has 2 aliphatic carbocycles. The van der Waals surface area contributed by atoms with E-state index in [1.54, 1.807) is 5.01 Å². The second kappa shape index (κ2) is 5.10. The van der Waals surface area contributed by atoms with Crippen molar-refractivity contribution in [3.05, 3.63) is 12.7 Å². The highest BCUT2D eigenvalue weighted by Gasteiger charge is 2.73. The van der Waals surface area contributed by atoms with Gasteiger partial charge in [0, 0.05) is 5.71 Å². The molecule has 0 N–H and O–H groups in total. The zero-order chi connectivity index (χ0) is 16.1. The molecule has 2 saturated carbocycles. The van der Waals surface area contributed by atoms with Gasteiger partial charge in [0.15, 0.2) is 0 Å². The summed E-state index contributed by atoms with van der Waals surface area (Å²) in [5, 5.41) is 6.55. The summed E-state index contributed by atoms with van der Waals surface area (Å²) in [6, 6.07) is 0. The molecule has 3 rings (SSSR count). The Labute approximate surface area is 133 Å². The molecule has 1 amide bonds. The Morgan fingerprint density at radius 1 is 1.59 bits per heavy atom. The molecule has 122 valence electrons. The average Bonchev–Trinajstić information content (AvgIpc) is 2.97. The van der Waals surface area contributed by atoms with Crippen molar-refractivity contribution < 1.29 is 9.53 Å². The molecule has 1 spiro atoms. The van der Waals surface area contributed by atoms with Crippen LogP contribution in [-0.2, 0) is 4.74 Å². The Balaban J connectivity index is 1.98. The van der Waals surface area contributed by atoms with Gasteiger partial charge in [-0.3, -0.25) is 0 Å². The van der Waals surface area contributed by atoms with Crippen LogP contribution in [0.4, 0.5) is 4.79 Å². The van der Waals surface area contributed by atoms with E-state index in [9.17, 15) is 4.79 Å². The third-order valence-electron chi connectivity index (χ3n) is 6.52. The maximum atomic E-state index is 12.5. The van der Waals surface area contributed by atoms with Crippen molar-refractivity contribution in [1.82, 2.24) is 5.01 Å². The monoisotopic (exact) mass is 304 g/mol. The number of hydrogen-bond acceptors (Lipinski definition) is 3. The molecule has 22 heavy (non-hydrogen) atoms. The van der Waals surface area contributed by atoms with Crippen molar-refractivity contribution in [3.63, 3.8) is 0 Å². The van der Waals surface area contributed by atoms with E-state index in [1.807, 2.05) is 6.08 Å². The molecule has 0 aromatic heterocycles. The van der Waals surface area contributed by atoms with E-state index in [-0.39, 0.29) is 23.2 Å². The first-order valence-electron chi connectivity index (χ1n) is 8.57. The normalized spacial score (nSPS) is 37.2. The number of ether oxygens (including phenoxy) is 1. The van der Waals surface area contributed by atoms with E-state index in [0.717, 1.165) is 31.4 Å². The SMILES string of the molecule is C=CCC(C)/C(CC)=N\N1C(=O)O[C@@H]2C[C@H]3CC[C@]21C3(C)C. The largest absolute Gasteiger partial charge is 0.442 e. The quantitative estimate of drug-likeness (QED) is 0.559. The summed E-state index contributed by atoms with van der Waals surface area (Å²) < 4.78 is 5.70. The van der Waals surface area contributed by atoms with E-state index in [1.165, 1.54) is 6.42 Å². The summed E-state index contributed by atoms with van der Waals surface area (Å²) in [4.78, 5) is 12.5. The van der Waals surface area contributed by atoms with E-state index in [4.69, 9.17) is 9.84 Å². The first-order chi connectivity index (χ1) is 10.4. The van der Waals surface area contributed by atoms with Crippen LogP contribution in [0.3, 0.4) is 0 Å². The van der Waals surface area contributed by atoms with E-state index >= 15 is 0 Å². The van der Waals surface area contributed by atoms with Crippen LogP contribution in [-0.4, -0.2) is 28.5 Å². The minimum absolute atomic E-state index is 0.0188. The third kappa shape index (κ3) is 1.82. The van der Waals surface area contributed by atoms with Gasteiger partial charge in [0.2, 0.25) is 0 Å². The van der Waals surface area contributed by atoms with Crippen LogP contribution in [0.1, 0.15) is 59.8 Å². The molecule has 3 aliphatic rings. The maximum Gasteiger partial charge on any atom is 0.431 e. The fraction of sp³-hybridized carbons (Fsp3) is 0.778. The van der Waals surface area contributed by atoms with E-state index < -0.39 is 0 Å². The van der Waals surface area contributed by atoms with Crippen molar-refractivity contribution in [1.29, 1.82) is 0 Å². The lowest BCUT2D eigenvalue weighted by molar-refractivity contribution is 0.0566. The number of amides is 1. The molecule has 2 bridgehead atoms. The number of carbonyl (C=O) groups excluding carboxylic acids is 1. The summed E-state index contributed by atoms with van der Waals surface area (Å²) in [5.41, 5.74) is 0.912. The van der Waals surface area contributed by atoms with Crippen LogP contribution in [0.15, 0.2) is 17.8 Å². The molecule has 1 unspecified atom stereocenters. The van der Waals surface area contributed by atoms with Gasteiger partial charge in [-0.15, -0.1) is 6.58 Å². The van der Waals surface area contributed by atoms with Gasteiger partial charge in [0.05, 0.1) is 0 Å². The maximum absolute atomic E-state index is 12.5. The Kier molecular flexibility index (Phi) is 3.61. The van der Waals surface area contributed by atoms with Gasteiger partial charge < -0.3 is 4.74 Å². The Morgan fingerprint density at radius 3 is 2.91 bits per heavy atom. The molecule has 0 aromatic carbocycles. The highest BCUT2D eigenvalue weighted by atomic mass is 16.6. The second-order valence-corrected chi connectivity index (χ2v) is 7.67. The molecule has 0 aromatic rings. The van der Waals surface area contributed by atoms with Gasteiger partial charge in [0.25, 0.3) is 0 Å². The zero-order valence-corrected chi connectivity index (χ0v) is 14.3. The van der Waals surface area contributed by atoms with Crippen LogP contribution in [0.2, 0.25) is 0 Å². The van der Waals surface area contributed by atoms with Gasteiger partial charge in [0.1, 0.15) is 11.6 Å². The number of allylic oxidation sites excluding steroid dienone is 1. The van der Waals surface area contributed by atoms with Gasteiger partial charge in [-0.2, -0.15) is 10.1 Å². The molecule has 4 nitrogen and oxygen atoms in total. The molecule has 3 fully saturated rings. The van der Waals surface area contributed by atoms with Crippen molar-refractivity contribution in [2.45, 2.75) is 71.4 Å². The zero-order valence-electron chi connectivity index (χ0n) is 14.3. The lowest BCUT2D eigenvalue weighted by Gasteiger charge is -2.40. The average molecular weight is 304 g/mol. The first kappa shape index (κ1) is 15.6. The van der Waals surface area contributed by atoms with Crippen LogP contribution >= 0.6 is 0 Å². The lowest BCUT2D eigenvalue weighted by Crippen LogP contribution is -2.53. The fourth-order valence-corrected chi connectivity index (χ4v) is 5.03. The summed E-state index contributed by atoms with van der Waals surface area (Å²) in [6.07, 6.45) is 6.61. The van der Waals surface area contributed by atoms with Crippen LogP contribution in [0, 0.1) is 17.3 Å². The Hall–Kier alpha value is -1.32. The highest BCUT2D eigenvalue weighted by molar-refractivity contribution is 5.87. The molecular weight excluding hydrogens is 276 g/mol. The minimum atomic E-state index is -0.254. The standard InChI is InChI=1S/C18H28N2O2/c1-6-8-12(3)14(7-2)19-20-16(21)22-15-11-13-9-10-18(15,20)17(13,4)5/h6,12-13,15H,1,7-11H2,2-5H3/b19-14-/t12?,13-,15-,18-/m1/s1. The van der Waals surface area contributed by atoms with Gasteiger partial charge in [-0.05, 0) is 49.4 Å². The highest BCUT2D eigenvalue weighted by Crippen LogP contribution is 2.65. The third-order valence-corrected chi connectivity index (χ3v) is 6.52. The Bertz CT molecular complexity index is 525. The smallest absolute Gasteiger partial charge is 0.431 e. The lowest BCUT2D eigenvalue weighted by atomic mass is 9.75. The number of fused-ring (bicyclic) bond motifs is 1. The van der Waals surface area contributed by atoms with Crippen LogP contribution in [0.25, 0.3) is 0 Å². The van der Waals surface area contributed by atoms with Gasteiger partial charge >= 0.3 is 6.09 Å². The van der Waals surface area contributed by atoms with Crippen LogP contribution < -0.4 is 0 Å². The van der Waals surface area contributed by atoms with E-state index in [2.05, 4.69) is 34.3 Å². The van der Waals surface area contributed by atoms with Crippen molar-refractivity contribution in [2.24, 2.45) is 22.4 Å². The summed E-state index contributed by atoms with van der Waals surface area (Å²) in [5.74, 6) is 0.950.